The molecule has 0 bridgehead atoms. The van der Waals surface area contributed by atoms with Gasteiger partial charge < -0.3 is 10.1 Å². The molecule has 1 unspecified atom stereocenters. The van der Waals surface area contributed by atoms with Gasteiger partial charge in [-0.15, -0.1) is 0 Å². The molecule has 3 rings (SSSR count). The van der Waals surface area contributed by atoms with Crippen molar-refractivity contribution in [2.45, 2.75) is 25.8 Å². The highest BCUT2D eigenvalue weighted by Gasteiger charge is 2.28. The summed E-state index contributed by atoms with van der Waals surface area (Å²) in [5.74, 6) is 1.30. The number of likely N-dealkylation sites (tertiary alicyclic amines) is 1. The predicted molar refractivity (Wildman–Crippen MR) is 112 cm³/mol. The lowest BCUT2D eigenvalue weighted by Crippen LogP contribution is -2.40. The van der Waals surface area contributed by atoms with Crippen LogP contribution in [0.2, 0.25) is 0 Å². The molecule has 1 amide bonds. The van der Waals surface area contributed by atoms with Crippen molar-refractivity contribution in [3.63, 3.8) is 0 Å². The number of para-hydroxylation sites is 1. The Kier molecular flexibility index (Phi) is 7.20. The van der Waals surface area contributed by atoms with Gasteiger partial charge in [0.15, 0.2) is 0 Å². The van der Waals surface area contributed by atoms with Gasteiger partial charge in [0.2, 0.25) is 5.91 Å². The monoisotopic (exact) mass is 379 g/mol. The van der Waals surface area contributed by atoms with E-state index < -0.39 is 0 Å². The third-order valence-corrected chi connectivity index (χ3v) is 5.27. The Morgan fingerprint density at radius 3 is 2.68 bits per heavy atom. The Morgan fingerprint density at radius 2 is 2.00 bits per heavy atom. The summed E-state index contributed by atoms with van der Waals surface area (Å²) in [5.41, 5.74) is 2.05. The van der Waals surface area contributed by atoms with Gasteiger partial charge in [0.1, 0.15) is 5.75 Å². The number of ether oxygens (including phenoxy) is 1. The van der Waals surface area contributed by atoms with Gasteiger partial charge in [-0.1, -0.05) is 36.4 Å². The molecule has 1 atom stereocenters. The highest BCUT2D eigenvalue weighted by atomic mass is 16.5. The number of hydrogen-bond donors (Lipinski definition) is 1. The van der Waals surface area contributed by atoms with E-state index in [2.05, 4.69) is 33.4 Å². The summed E-state index contributed by atoms with van der Waals surface area (Å²) in [6.07, 6.45) is 8.21. The molecule has 1 saturated heterocycles. The van der Waals surface area contributed by atoms with Gasteiger partial charge in [0.05, 0.1) is 18.8 Å². The Balaban J connectivity index is 1.55. The molecule has 148 valence electrons. The molecular formula is C23H29N3O2. The lowest BCUT2D eigenvalue weighted by Gasteiger charge is -2.35. The number of piperidine rings is 1. The quantitative estimate of drug-likeness (QED) is 0.797. The van der Waals surface area contributed by atoms with Crippen LogP contribution in [0.5, 0.6) is 5.75 Å². The Morgan fingerprint density at radius 1 is 1.25 bits per heavy atom. The molecule has 0 aliphatic carbocycles. The topological polar surface area (TPSA) is 54.5 Å². The van der Waals surface area contributed by atoms with Crippen LogP contribution in [0.4, 0.5) is 0 Å². The number of nitrogens with one attached hydrogen (secondary N) is 1. The largest absolute Gasteiger partial charge is 0.496 e. The molecule has 5 nitrogen and oxygen atoms in total. The van der Waals surface area contributed by atoms with Crippen molar-refractivity contribution in [3.05, 3.63) is 66.0 Å². The van der Waals surface area contributed by atoms with Crippen LogP contribution in [0.25, 0.3) is 6.08 Å². The molecule has 1 aromatic carbocycles. The Bertz CT molecular complexity index is 783. The van der Waals surface area contributed by atoms with E-state index in [4.69, 9.17) is 4.74 Å². The second-order valence-electron chi connectivity index (χ2n) is 7.22. The molecule has 0 saturated carbocycles. The predicted octanol–water partition coefficient (Wildman–Crippen LogP) is 3.69. The van der Waals surface area contributed by atoms with E-state index in [-0.39, 0.29) is 11.9 Å². The summed E-state index contributed by atoms with van der Waals surface area (Å²) in [4.78, 5) is 18.6. The average molecular weight is 380 g/mol. The zero-order valence-electron chi connectivity index (χ0n) is 16.7. The minimum absolute atomic E-state index is 0.00201. The first kappa shape index (κ1) is 20.1. The van der Waals surface area contributed by atoms with Gasteiger partial charge in [-0.3, -0.25) is 14.7 Å². The minimum atomic E-state index is -0.00929. The molecule has 2 aromatic rings. The SMILES string of the molecule is COc1ccccc1/C=C/CN1CCC(C(NC(C)=O)c2ccccn2)CC1. The lowest BCUT2D eigenvalue weighted by atomic mass is 9.87. The molecule has 1 aliphatic heterocycles. The number of pyridine rings is 1. The van der Waals surface area contributed by atoms with Gasteiger partial charge >= 0.3 is 0 Å². The van der Waals surface area contributed by atoms with E-state index in [1.807, 2.05) is 36.4 Å². The number of amides is 1. The van der Waals surface area contributed by atoms with Crippen LogP contribution in [0.1, 0.15) is 37.1 Å². The van der Waals surface area contributed by atoms with E-state index in [1.54, 1.807) is 20.2 Å². The van der Waals surface area contributed by atoms with Crippen LogP contribution in [-0.2, 0) is 4.79 Å². The summed E-state index contributed by atoms with van der Waals surface area (Å²) in [6, 6.07) is 13.9. The molecule has 5 heteroatoms. The summed E-state index contributed by atoms with van der Waals surface area (Å²) in [6.45, 7) is 4.53. The molecule has 1 aliphatic rings. The molecule has 2 heterocycles. The van der Waals surface area contributed by atoms with Crippen LogP contribution in [0.3, 0.4) is 0 Å². The second kappa shape index (κ2) is 10.0. The van der Waals surface area contributed by atoms with Gasteiger partial charge in [0.25, 0.3) is 0 Å². The number of nitrogens with zero attached hydrogens (tertiary/aromatic N) is 2. The smallest absolute Gasteiger partial charge is 0.217 e. The van der Waals surface area contributed by atoms with Gasteiger partial charge in [-0.25, -0.2) is 0 Å². The number of methoxy groups -OCH3 is 1. The van der Waals surface area contributed by atoms with Crippen LogP contribution in [-0.4, -0.2) is 42.5 Å². The molecule has 28 heavy (non-hydrogen) atoms. The highest BCUT2D eigenvalue weighted by Crippen LogP contribution is 2.30. The highest BCUT2D eigenvalue weighted by molar-refractivity contribution is 5.73. The van der Waals surface area contributed by atoms with E-state index in [0.717, 1.165) is 49.5 Å². The first-order valence-electron chi connectivity index (χ1n) is 9.87. The third-order valence-electron chi connectivity index (χ3n) is 5.27. The first-order chi connectivity index (χ1) is 13.7. The fourth-order valence-electron chi connectivity index (χ4n) is 3.81. The normalized spacial score (nSPS) is 16.8. The van der Waals surface area contributed by atoms with Crippen molar-refractivity contribution in [1.82, 2.24) is 15.2 Å². The van der Waals surface area contributed by atoms with E-state index in [1.165, 1.54) is 0 Å². The first-order valence-corrected chi connectivity index (χ1v) is 9.87. The molecular weight excluding hydrogens is 350 g/mol. The number of carbonyl (C=O) groups is 1. The number of hydrogen-bond acceptors (Lipinski definition) is 4. The van der Waals surface area contributed by atoms with Crippen LogP contribution >= 0.6 is 0 Å². The summed E-state index contributed by atoms with van der Waals surface area (Å²) in [5, 5.41) is 3.11. The van der Waals surface area contributed by atoms with E-state index in [0.29, 0.717) is 5.92 Å². The average Bonchev–Trinajstić information content (AvgIpc) is 2.73. The maximum Gasteiger partial charge on any atom is 0.217 e. The fourth-order valence-corrected chi connectivity index (χ4v) is 3.81. The summed E-state index contributed by atoms with van der Waals surface area (Å²) in [7, 11) is 1.70. The lowest BCUT2D eigenvalue weighted by molar-refractivity contribution is -0.120. The summed E-state index contributed by atoms with van der Waals surface area (Å²) >= 11 is 0. The van der Waals surface area contributed by atoms with Crippen molar-refractivity contribution in [3.8, 4) is 5.75 Å². The van der Waals surface area contributed by atoms with Crippen LogP contribution in [0.15, 0.2) is 54.7 Å². The fraction of sp³-hybridized carbons (Fsp3) is 0.391. The van der Waals surface area contributed by atoms with E-state index >= 15 is 0 Å². The number of rotatable bonds is 7. The number of carbonyl (C=O) groups excluding carboxylic acids is 1. The minimum Gasteiger partial charge on any atom is -0.496 e. The second-order valence-corrected chi connectivity index (χ2v) is 7.22. The van der Waals surface area contributed by atoms with E-state index in [9.17, 15) is 4.79 Å². The maximum atomic E-state index is 11.7. The maximum absolute atomic E-state index is 11.7. The molecule has 1 N–H and O–H groups in total. The molecule has 1 aromatic heterocycles. The third kappa shape index (κ3) is 5.42. The zero-order valence-corrected chi connectivity index (χ0v) is 16.7. The number of aromatic nitrogens is 1. The van der Waals surface area contributed by atoms with Crippen LogP contribution in [0, 0.1) is 5.92 Å². The molecule has 0 spiro atoms. The Labute approximate surface area is 167 Å². The van der Waals surface area contributed by atoms with Crippen LogP contribution < -0.4 is 10.1 Å². The van der Waals surface area contributed by atoms with Gasteiger partial charge in [-0.2, -0.15) is 0 Å². The van der Waals surface area contributed by atoms with Crippen molar-refractivity contribution in [2.24, 2.45) is 5.92 Å². The molecule has 1 fully saturated rings. The standard InChI is InChI=1S/C23H29N3O2/c1-18(27)25-23(21-10-5-6-14-24-21)20-12-16-26(17-13-20)15-7-9-19-8-3-4-11-22(19)28-2/h3-11,14,20,23H,12-13,15-17H2,1-2H3,(H,25,27)/b9-7+. The van der Waals surface area contributed by atoms with Crippen molar-refractivity contribution in [2.75, 3.05) is 26.7 Å². The zero-order chi connectivity index (χ0) is 19.8. The number of benzene rings is 1. The van der Waals surface area contributed by atoms with Gasteiger partial charge in [-0.05, 0) is 50.0 Å². The Hall–Kier alpha value is -2.66. The summed E-state index contributed by atoms with van der Waals surface area (Å²) < 4.78 is 5.40. The van der Waals surface area contributed by atoms with Crippen molar-refractivity contribution < 1.29 is 9.53 Å². The molecule has 0 radical (unpaired) electrons. The van der Waals surface area contributed by atoms with Crippen molar-refractivity contribution in [1.29, 1.82) is 0 Å². The van der Waals surface area contributed by atoms with Crippen molar-refractivity contribution >= 4 is 12.0 Å². The van der Waals surface area contributed by atoms with Gasteiger partial charge in [0, 0.05) is 25.2 Å².